The summed E-state index contributed by atoms with van der Waals surface area (Å²) in [4.78, 5) is 13.1. The van der Waals surface area contributed by atoms with Crippen molar-refractivity contribution in [2.45, 2.75) is 13.0 Å². The Morgan fingerprint density at radius 1 is 1.27 bits per heavy atom. The van der Waals surface area contributed by atoms with Crippen LogP contribution in [0.5, 0.6) is 0 Å². The fourth-order valence-corrected chi connectivity index (χ4v) is 1.55. The normalized spacial score (nSPS) is 10.9. The van der Waals surface area contributed by atoms with E-state index in [2.05, 4.69) is 22.9 Å². The van der Waals surface area contributed by atoms with Crippen LogP contribution in [0.15, 0.2) is 42.5 Å². The Hall–Kier alpha value is -2.33. The van der Waals surface area contributed by atoms with Gasteiger partial charge in [-0.1, -0.05) is 24.3 Å². The molecule has 2 aromatic rings. The molecule has 0 bridgehead atoms. The standard InChI is InChI=1S/C10H11O3.C8H9N/c1-2-13-10(12)9(11)8-6-4-3-5-7-8;1-9(2)8-6-4-3-5-7-8/h3-4,6-7,9,11H,2H2,1H3;4,6-7H,1-2H3. The van der Waals surface area contributed by atoms with Gasteiger partial charge in [-0.25, -0.2) is 4.79 Å². The van der Waals surface area contributed by atoms with Gasteiger partial charge in [0.2, 0.25) is 0 Å². The molecule has 0 saturated heterocycles. The van der Waals surface area contributed by atoms with Crippen molar-refractivity contribution >= 4 is 11.7 Å². The first kappa shape index (κ1) is 17.7. The lowest BCUT2D eigenvalue weighted by Gasteiger charge is -2.10. The van der Waals surface area contributed by atoms with Crippen LogP contribution in [-0.4, -0.2) is 31.8 Å². The van der Waals surface area contributed by atoms with Gasteiger partial charge in [0.1, 0.15) is 0 Å². The highest BCUT2D eigenvalue weighted by Crippen LogP contribution is 2.12. The molecule has 1 N–H and O–H groups in total. The van der Waals surface area contributed by atoms with Crippen LogP contribution in [-0.2, 0) is 9.53 Å². The van der Waals surface area contributed by atoms with E-state index in [0.29, 0.717) is 5.56 Å². The second kappa shape index (κ2) is 9.58. The molecule has 0 aromatic heterocycles. The Labute approximate surface area is 132 Å². The van der Waals surface area contributed by atoms with Crippen molar-refractivity contribution in [2.24, 2.45) is 0 Å². The molecule has 4 nitrogen and oxygen atoms in total. The number of ether oxygens (including phenoxy) is 1. The average Bonchev–Trinajstić information content (AvgIpc) is 2.56. The number of hydrogen-bond donors (Lipinski definition) is 1. The summed E-state index contributed by atoms with van der Waals surface area (Å²) in [6.45, 7) is 1.97. The second-order valence-electron chi connectivity index (χ2n) is 4.58. The average molecular weight is 298 g/mol. The monoisotopic (exact) mass is 298 g/mol. The van der Waals surface area contributed by atoms with Crippen LogP contribution >= 0.6 is 0 Å². The molecule has 0 aliphatic heterocycles. The lowest BCUT2D eigenvalue weighted by Crippen LogP contribution is -2.15. The van der Waals surface area contributed by atoms with Gasteiger partial charge in [0, 0.05) is 19.8 Å². The molecule has 0 spiro atoms. The largest absolute Gasteiger partial charge is 0.464 e. The molecular weight excluding hydrogens is 278 g/mol. The third-order valence-corrected chi connectivity index (χ3v) is 2.71. The van der Waals surface area contributed by atoms with E-state index in [0.717, 1.165) is 5.69 Å². The van der Waals surface area contributed by atoms with Crippen LogP contribution in [0.3, 0.4) is 0 Å². The van der Waals surface area contributed by atoms with E-state index in [-0.39, 0.29) is 6.61 Å². The maximum atomic E-state index is 11.1. The van der Waals surface area contributed by atoms with Gasteiger partial charge in [0.05, 0.1) is 6.61 Å². The molecule has 0 fully saturated rings. The molecule has 3 radical (unpaired) electrons. The topological polar surface area (TPSA) is 49.8 Å². The number of aliphatic hydroxyl groups excluding tert-OH is 1. The van der Waals surface area contributed by atoms with Crippen LogP contribution in [0.2, 0.25) is 0 Å². The molecule has 2 aromatic carbocycles. The summed E-state index contributed by atoms with van der Waals surface area (Å²) < 4.78 is 4.66. The van der Waals surface area contributed by atoms with E-state index in [1.54, 1.807) is 31.2 Å². The van der Waals surface area contributed by atoms with Gasteiger partial charge in [-0.2, -0.15) is 0 Å². The molecule has 1 unspecified atom stereocenters. The number of carbonyl (C=O) groups is 1. The summed E-state index contributed by atoms with van der Waals surface area (Å²) in [5.41, 5.74) is 1.66. The third-order valence-electron chi connectivity index (χ3n) is 2.71. The van der Waals surface area contributed by atoms with E-state index < -0.39 is 12.1 Å². The highest BCUT2D eigenvalue weighted by Gasteiger charge is 2.17. The van der Waals surface area contributed by atoms with Crippen molar-refractivity contribution in [2.75, 3.05) is 25.6 Å². The summed E-state index contributed by atoms with van der Waals surface area (Å²) >= 11 is 0. The minimum absolute atomic E-state index is 0.270. The number of carbonyl (C=O) groups excluding carboxylic acids is 1. The smallest absolute Gasteiger partial charge is 0.339 e. The molecule has 2 rings (SSSR count). The predicted molar refractivity (Wildman–Crippen MR) is 85.3 cm³/mol. The number of hydrogen-bond acceptors (Lipinski definition) is 4. The Balaban J connectivity index is 0.000000235. The first-order valence-corrected chi connectivity index (χ1v) is 6.92. The predicted octanol–water partition coefficient (Wildman–Crippen LogP) is 2.44. The SMILES string of the molecule is CCOC(=O)C(O)c1c[c]ccc1.CN(C)c1c[c][c]cc1. The fourth-order valence-electron chi connectivity index (χ4n) is 1.55. The van der Waals surface area contributed by atoms with Crippen LogP contribution < -0.4 is 4.90 Å². The van der Waals surface area contributed by atoms with E-state index in [9.17, 15) is 9.90 Å². The molecule has 0 aliphatic carbocycles. The van der Waals surface area contributed by atoms with Crippen molar-refractivity contribution in [1.82, 2.24) is 0 Å². The van der Waals surface area contributed by atoms with Crippen LogP contribution in [0.4, 0.5) is 5.69 Å². The minimum Gasteiger partial charge on any atom is -0.464 e. The second-order valence-corrected chi connectivity index (χ2v) is 4.58. The minimum atomic E-state index is -1.20. The van der Waals surface area contributed by atoms with E-state index in [4.69, 9.17) is 0 Å². The third kappa shape index (κ3) is 5.97. The van der Waals surface area contributed by atoms with E-state index >= 15 is 0 Å². The maximum absolute atomic E-state index is 11.1. The first-order chi connectivity index (χ1) is 10.6. The molecule has 115 valence electrons. The lowest BCUT2D eigenvalue weighted by atomic mass is 10.1. The van der Waals surface area contributed by atoms with Gasteiger partial charge in [0.25, 0.3) is 0 Å². The molecule has 1 atom stereocenters. The van der Waals surface area contributed by atoms with Crippen LogP contribution in [0.25, 0.3) is 0 Å². The molecule has 0 saturated carbocycles. The van der Waals surface area contributed by atoms with Crippen molar-refractivity contribution in [3.05, 3.63) is 66.2 Å². The molecule has 0 heterocycles. The Kier molecular flexibility index (Phi) is 7.72. The number of benzene rings is 2. The van der Waals surface area contributed by atoms with Gasteiger partial charge in [0.15, 0.2) is 6.10 Å². The maximum Gasteiger partial charge on any atom is 0.339 e. The lowest BCUT2D eigenvalue weighted by molar-refractivity contribution is -0.153. The Morgan fingerprint density at radius 3 is 2.50 bits per heavy atom. The molecule has 0 amide bonds. The molecule has 4 heteroatoms. The zero-order chi connectivity index (χ0) is 16.4. The zero-order valence-electron chi connectivity index (χ0n) is 13.0. The summed E-state index contributed by atoms with van der Waals surface area (Å²) in [6, 6.07) is 20.8. The summed E-state index contributed by atoms with van der Waals surface area (Å²) in [5.74, 6) is -0.623. The zero-order valence-corrected chi connectivity index (χ0v) is 13.0. The van der Waals surface area contributed by atoms with Gasteiger partial charge < -0.3 is 14.7 Å². The van der Waals surface area contributed by atoms with Crippen LogP contribution in [0.1, 0.15) is 18.6 Å². The van der Waals surface area contributed by atoms with Crippen molar-refractivity contribution in [3.8, 4) is 0 Å². The quantitative estimate of drug-likeness (QED) is 0.881. The first-order valence-electron chi connectivity index (χ1n) is 6.92. The summed E-state index contributed by atoms with van der Waals surface area (Å²) in [7, 11) is 4.01. The van der Waals surface area contributed by atoms with Gasteiger partial charge in [-0.05, 0) is 48.9 Å². The van der Waals surface area contributed by atoms with Crippen molar-refractivity contribution < 1.29 is 14.6 Å². The number of rotatable bonds is 4. The van der Waals surface area contributed by atoms with Crippen molar-refractivity contribution in [3.63, 3.8) is 0 Å². The van der Waals surface area contributed by atoms with E-state index in [1.807, 2.05) is 37.2 Å². The number of aliphatic hydroxyl groups is 1. The number of anilines is 1. The molecular formula is C18H20NO3. The molecule has 22 heavy (non-hydrogen) atoms. The van der Waals surface area contributed by atoms with Gasteiger partial charge in [-0.3, -0.25) is 0 Å². The highest BCUT2D eigenvalue weighted by atomic mass is 16.5. The Morgan fingerprint density at radius 2 is 2.05 bits per heavy atom. The molecule has 0 aliphatic rings. The summed E-state index contributed by atoms with van der Waals surface area (Å²) in [5, 5.41) is 9.43. The Bertz CT molecular complexity index is 541. The highest BCUT2D eigenvalue weighted by molar-refractivity contribution is 5.76. The fraction of sp³-hybridized carbons (Fsp3) is 0.278. The number of nitrogens with zero attached hydrogens (tertiary/aromatic N) is 1. The van der Waals surface area contributed by atoms with E-state index in [1.165, 1.54) is 0 Å². The van der Waals surface area contributed by atoms with Gasteiger partial charge >= 0.3 is 5.97 Å². The van der Waals surface area contributed by atoms with Crippen LogP contribution in [0, 0.1) is 18.2 Å². The van der Waals surface area contributed by atoms with Gasteiger partial charge in [-0.15, -0.1) is 0 Å². The van der Waals surface area contributed by atoms with Crippen molar-refractivity contribution in [1.29, 1.82) is 0 Å². The summed E-state index contributed by atoms with van der Waals surface area (Å²) in [6.07, 6.45) is -1.20. The number of esters is 1.